The molecule has 0 spiro atoms. The van der Waals surface area contributed by atoms with Crippen molar-refractivity contribution in [3.63, 3.8) is 0 Å². The van der Waals surface area contributed by atoms with Crippen molar-refractivity contribution in [3.05, 3.63) is 42.9 Å². The fraction of sp³-hybridized carbons (Fsp3) is 0.619. The summed E-state index contributed by atoms with van der Waals surface area (Å²) in [6, 6.07) is 4.36. The standard InChI is InChI=1S/C21H31N5O2/c1-17-7-10-25(15-20(17)26-11-9-22-16-26)21(24-14-19-5-3-13-28-19)23-8-6-18-4-2-12-27-18/h2,4,9,11-12,16-17,19-20H,3,5-8,10,13-15H2,1H3,(H,23,24). The number of nitrogens with zero attached hydrogens (tertiary/aromatic N) is 4. The maximum Gasteiger partial charge on any atom is 0.194 e. The Morgan fingerprint density at radius 3 is 3.11 bits per heavy atom. The minimum absolute atomic E-state index is 0.259. The molecule has 1 N–H and O–H groups in total. The number of rotatable bonds is 6. The maximum atomic E-state index is 5.77. The van der Waals surface area contributed by atoms with Crippen molar-refractivity contribution in [2.45, 2.75) is 44.8 Å². The lowest BCUT2D eigenvalue weighted by Crippen LogP contribution is -2.49. The number of furan rings is 1. The summed E-state index contributed by atoms with van der Waals surface area (Å²) in [6.45, 7) is 6.69. The van der Waals surface area contributed by atoms with Gasteiger partial charge in [-0.25, -0.2) is 4.98 Å². The first kappa shape index (κ1) is 19.1. The van der Waals surface area contributed by atoms with Gasteiger partial charge in [-0.2, -0.15) is 0 Å². The van der Waals surface area contributed by atoms with E-state index in [0.717, 1.165) is 70.2 Å². The molecule has 2 fully saturated rings. The Morgan fingerprint density at radius 1 is 1.39 bits per heavy atom. The molecule has 2 aliphatic heterocycles. The van der Waals surface area contributed by atoms with E-state index >= 15 is 0 Å². The lowest BCUT2D eigenvalue weighted by Gasteiger charge is -2.39. The number of ether oxygens (including phenoxy) is 1. The molecule has 2 aromatic heterocycles. The molecular formula is C21H31N5O2. The average molecular weight is 386 g/mol. The molecule has 0 radical (unpaired) electrons. The van der Waals surface area contributed by atoms with Gasteiger partial charge in [-0.05, 0) is 37.3 Å². The minimum atomic E-state index is 0.259. The lowest BCUT2D eigenvalue weighted by molar-refractivity contribution is 0.117. The number of aliphatic imine (C=N–C) groups is 1. The number of imidazole rings is 1. The predicted molar refractivity (Wildman–Crippen MR) is 108 cm³/mol. The Kier molecular flexibility index (Phi) is 6.31. The largest absolute Gasteiger partial charge is 0.469 e. The first-order valence-corrected chi connectivity index (χ1v) is 10.4. The lowest BCUT2D eigenvalue weighted by atomic mass is 9.93. The monoisotopic (exact) mass is 385 g/mol. The van der Waals surface area contributed by atoms with Crippen molar-refractivity contribution in [1.82, 2.24) is 19.8 Å². The van der Waals surface area contributed by atoms with Gasteiger partial charge in [0.2, 0.25) is 0 Å². The molecule has 0 aromatic carbocycles. The van der Waals surface area contributed by atoms with E-state index in [9.17, 15) is 0 Å². The van der Waals surface area contributed by atoms with Gasteiger partial charge in [-0.3, -0.25) is 4.99 Å². The molecule has 2 saturated heterocycles. The van der Waals surface area contributed by atoms with Gasteiger partial charge in [-0.15, -0.1) is 0 Å². The third-order valence-electron chi connectivity index (χ3n) is 5.83. The van der Waals surface area contributed by atoms with E-state index in [1.165, 1.54) is 0 Å². The molecule has 0 aliphatic carbocycles. The van der Waals surface area contributed by atoms with Gasteiger partial charge in [0.15, 0.2) is 5.96 Å². The van der Waals surface area contributed by atoms with Crippen LogP contribution in [0.3, 0.4) is 0 Å². The van der Waals surface area contributed by atoms with Gasteiger partial charge in [0.05, 0.1) is 31.3 Å². The normalized spacial score (nSPS) is 26.0. The number of piperidine rings is 1. The average Bonchev–Trinajstić information content (AvgIpc) is 3.49. The SMILES string of the molecule is CC1CCN(C(=NCC2CCCO2)NCCc2ccco2)CC1n1ccnc1. The third-order valence-corrected chi connectivity index (χ3v) is 5.83. The molecule has 7 heteroatoms. The van der Waals surface area contributed by atoms with Crippen molar-refractivity contribution in [1.29, 1.82) is 0 Å². The van der Waals surface area contributed by atoms with Crippen LogP contribution in [0.25, 0.3) is 0 Å². The molecule has 152 valence electrons. The fourth-order valence-electron chi connectivity index (χ4n) is 4.09. The summed E-state index contributed by atoms with van der Waals surface area (Å²) < 4.78 is 13.5. The Morgan fingerprint density at radius 2 is 2.36 bits per heavy atom. The van der Waals surface area contributed by atoms with Gasteiger partial charge in [0.25, 0.3) is 0 Å². The smallest absolute Gasteiger partial charge is 0.194 e. The van der Waals surface area contributed by atoms with Crippen LogP contribution in [0.5, 0.6) is 0 Å². The van der Waals surface area contributed by atoms with Gasteiger partial charge >= 0.3 is 0 Å². The second kappa shape index (κ2) is 9.28. The highest BCUT2D eigenvalue weighted by atomic mass is 16.5. The fourth-order valence-corrected chi connectivity index (χ4v) is 4.09. The van der Waals surface area contributed by atoms with Crippen LogP contribution in [0.4, 0.5) is 0 Å². The third kappa shape index (κ3) is 4.76. The van der Waals surface area contributed by atoms with Crippen LogP contribution < -0.4 is 5.32 Å². The number of guanidine groups is 1. The zero-order valence-corrected chi connectivity index (χ0v) is 16.7. The van der Waals surface area contributed by atoms with Crippen molar-refractivity contribution in [3.8, 4) is 0 Å². The molecule has 0 amide bonds. The molecule has 2 aromatic rings. The Labute approximate surface area is 166 Å². The summed E-state index contributed by atoms with van der Waals surface area (Å²) in [4.78, 5) is 11.6. The highest BCUT2D eigenvalue weighted by Gasteiger charge is 2.29. The van der Waals surface area contributed by atoms with Crippen LogP contribution >= 0.6 is 0 Å². The molecule has 0 bridgehead atoms. The van der Waals surface area contributed by atoms with E-state index < -0.39 is 0 Å². The van der Waals surface area contributed by atoms with Crippen LogP contribution in [-0.4, -0.2) is 59.3 Å². The molecule has 3 unspecified atom stereocenters. The molecule has 28 heavy (non-hydrogen) atoms. The van der Waals surface area contributed by atoms with E-state index in [0.29, 0.717) is 12.0 Å². The van der Waals surface area contributed by atoms with Crippen LogP contribution in [0, 0.1) is 5.92 Å². The summed E-state index contributed by atoms with van der Waals surface area (Å²) in [5, 5.41) is 3.57. The molecule has 2 aliphatic rings. The summed E-state index contributed by atoms with van der Waals surface area (Å²) >= 11 is 0. The number of likely N-dealkylation sites (tertiary alicyclic amines) is 1. The number of aromatic nitrogens is 2. The van der Waals surface area contributed by atoms with Crippen LogP contribution in [0.15, 0.2) is 46.5 Å². The Bertz CT molecular complexity index is 722. The van der Waals surface area contributed by atoms with E-state index in [4.69, 9.17) is 14.1 Å². The van der Waals surface area contributed by atoms with Gasteiger partial charge in [0.1, 0.15) is 5.76 Å². The van der Waals surface area contributed by atoms with Crippen molar-refractivity contribution in [2.24, 2.45) is 10.9 Å². The topological polar surface area (TPSA) is 67.8 Å². The Balaban J connectivity index is 1.42. The van der Waals surface area contributed by atoms with E-state index in [2.05, 4.69) is 32.9 Å². The summed E-state index contributed by atoms with van der Waals surface area (Å²) in [5.74, 6) is 2.60. The minimum Gasteiger partial charge on any atom is -0.469 e. The maximum absolute atomic E-state index is 5.77. The highest BCUT2D eigenvalue weighted by Crippen LogP contribution is 2.27. The summed E-state index contributed by atoms with van der Waals surface area (Å²) in [6.07, 6.45) is 12.1. The predicted octanol–water partition coefficient (Wildman–Crippen LogP) is 2.73. The zero-order chi connectivity index (χ0) is 19.2. The molecule has 0 saturated carbocycles. The zero-order valence-electron chi connectivity index (χ0n) is 16.7. The second-order valence-electron chi connectivity index (χ2n) is 7.84. The van der Waals surface area contributed by atoms with Crippen LogP contribution in [0.2, 0.25) is 0 Å². The van der Waals surface area contributed by atoms with E-state index in [-0.39, 0.29) is 6.10 Å². The number of nitrogens with one attached hydrogen (secondary N) is 1. The number of hydrogen-bond acceptors (Lipinski definition) is 4. The molecule has 7 nitrogen and oxygen atoms in total. The van der Waals surface area contributed by atoms with Gasteiger partial charge < -0.3 is 23.9 Å². The van der Waals surface area contributed by atoms with Gasteiger partial charge in [-0.1, -0.05) is 6.92 Å². The Hall–Kier alpha value is -2.28. The number of hydrogen-bond donors (Lipinski definition) is 1. The molecule has 3 atom stereocenters. The second-order valence-corrected chi connectivity index (χ2v) is 7.84. The summed E-state index contributed by atoms with van der Waals surface area (Å²) in [7, 11) is 0. The van der Waals surface area contributed by atoms with E-state index in [1.807, 2.05) is 24.7 Å². The first-order valence-electron chi connectivity index (χ1n) is 10.4. The molecule has 4 heterocycles. The quantitative estimate of drug-likeness (QED) is 0.612. The summed E-state index contributed by atoms with van der Waals surface area (Å²) in [5.41, 5.74) is 0. The van der Waals surface area contributed by atoms with Crippen molar-refractivity contribution >= 4 is 5.96 Å². The first-order chi connectivity index (χ1) is 13.8. The van der Waals surface area contributed by atoms with Crippen molar-refractivity contribution in [2.75, 3.05) is 32.8 Å². The van der Waals surface area contributed by atoms with E-state index in [1.54, 1.807) is 6.26 Å². The van der Waals surface area contributed by atoms with Crippen LogP contribution in [-0.2, 0) is 11.2 Å². The highest BCUT2D eigenvalue weighted by molar-refractivity contribution is 5.80. The molecular weight excluding hydrogens is 354 g/mol. The molecule has 4 rings (SSSR count). The van der Waals surface area contributed by atoms with Crippen LogP contribution in [0.1, 0.15) is 38.0 Å². The van der Waals surface area contributed by atoms with Gasteiger partial charge in [0, 0.05) is 45.1 Å². The van der Waals surface area contributed by atoms with Crippen molar-refractivity contribution < 1.29 is 9.15 Å².